The smallest absolute Gasteiger partial charge is 0.155 e. The normalized spacial score (nSPS) is 12.7. The van der Waals surface area contributed by atoms with Crippen molar-refractivity contribution in [3.05, 3.63) is 47.8 Å². The lowest BCUT2D eigenvalue weighted by Crippen LogP contribution is -2.14. The molecule has 1 aromatic carbocycles. The summed E-state index contributed by atoms with van der Waals surface area (Å²) < 4.78 is 5.45. The Balaban J connectivity index is 2.16. The van der Waals surface area contributed by atoms with Crippen molar-refractivity contribution in [2.24, 2.45) is 5.73 Å². The molecule has 3 N–H and O–H groups in total. The Morgan fingerprint density at radius 2 is 2.19 bits per heavy atom. The molecule has 0 fully saturated rings. The summed E-state index contributed by atoms with van der Waals surface area (Å²) in [4.78, 5) is 4.28. The van der Waals surface area contributed by atoms with Gasteiger partial charge in [-0.15, -0.1) is 0 Å². The number of fused-ring (bicyclic) bond motifs is 1. The van der Waals surface area contributed by atoms with Gasteiger partial charge in [-0.3, -0.25) is 5.10 Å². The Kier molecular flexibility index (Phi) is 3.68. The summed E-state index contributed by atoms with van der Waals surface area (Å²) in [5, 5.41) is 7.98. The second-order valence-corrected chi connectivity index (χ2v) is 5.08. The van der Waals surface area contributed by atoms with Gasteiger partial charge in [0.05, 0.1) is 12.3 Å². The van der Waals surface area contributed by atoms with E-state index in [4.69, 9.17) is 10.5 Å². The monoisotopic (exact) mass is 282 g/mol. The van der Waals surface area contributed by atoms with Crippen molar-refractivity contribution in [2.75, 3.05) is 13.7 Å². The molecule has 3 aromatic rings. The Morgan fingerprint density at radius 1 is 1.33 bits per heavy atom. The third-order valence-electron chi connectivity index (χ3n) is 3.64. The van der Waals surface area contributed by atoms with Gasteiger partial charge in [-0.05, 0) is 35.7 Å². The molecule has 0 amide bonds. The van der Waals surface area contributed by atoms with Gasteiger partial charge in [-0.25, -0.2) is 4.98 Å². The summed E-state index contributed by atoms with van der Waals surface area (Å²) in [6, 6.07) is 8.38. The van der Waals surface area contributed by atoms with Gasteiger partial charge in [0.15, 0.2) is 5.65 Å². The van der Waals surface area contributed by atoms with Crippen molar-refractivity contribution in [3.8, 4) is 11.1 Å². The van der Waals surface area contributed by atoms with Crippen LogP contribution in [0, 0.1) is 6.92 Å². The number of hydrogen-bond donors (Lipinski definition) is 2. The van der Waals surface area contributed by atoms with Gasteiger partial charge in [-0.1, -0.05) is 17.7 Å². The van der Waals surface area contributed by atoms with Gasteiger partial charge < -0.3 is 10.5 Å². The quantitative estimate of drug-likeness (QED) is 0.771. The number of pyridine rings is 1. The van der Waals surface area contributed by atoms with Crippen LogP contribution in [-0.4, -0.2) is 28.8 Å². The second kappa shape index (κ2) is 5.63. The number of hydrogen-bond acceptors (Lipinski definition) is 4. The molecule has 0 saturated heterocycles. The number of aromatic nitrogens is 3. The fourth-order valence-corrected chi connectivity index (χ4v) is 2.63. The molecule has 0 aliphatic rings. The number of nitrogens with two attached hydrogens (primary N) is 1. The molecule has 0 spiro atoms. The molecular weight excluding hydrogens is 264 g/mol. The summed E-state index contributed by atoms with van der Waals surface area (Å²) in [5.41, 5.74) is 11.0. The molecule has 2 heterocycles. The highest BCUT2D eigenvalue weighted by molar-refractivity contribution is 5.92. The van der Waals surface area contributed by atoms with E-state index in [1.54, 1.807) is 19.5 Å². The number of nitrogens with zero attached hydrogens (tertiary/aromatic N) is 2. The fraction of sp³-hybridized carbons (Fsp3) is 0.250. The number of aryl methyl sites for hydroxylation is 1. The Hall–Kier alpha value is -2.24. The van der Waals surface area contributed by atoms with Crippen LogP contribution >= 0.6 is 0 Å². The molecule has 2 aromatic heterocycles. The SMILES string of the molecule is COC(CN)c1cc(C)cc(-c2ccnc3[nH]ncc23)c1. The average Bonchev–Trinajstić information content (AvgIpc) is 2.96. The summed E-state index contributed by atoms with van der Waals surface area (Å²) >= 11 is 0. The largest absolute Gasteiger partial charge is 0.375 e. The number of H-pyrrole nitrogens is 1. The molecule has 0 aliphatic carbocycles. The van der Waals surface area contributed by atoms with E-state index in [9.17, 15) is 0 Å². The molecule has 0 bridgehead atoms. The summed E-state index contributed by atoms with van der Waals surface area (Å²) in [5.74, 6) is 0. The van der Waals surface area contributed by atoms with E-state index in [-0.39, 0.29) is 6.10 Å². The zero-order valence-corrected chi connectivity index (χ0v) is 12.1. The van der Waals surface area contributed by atoms with Crippen LogP contribution in [0.5, 0.6) is 0 Å². The average molecular weight is 282 g/mol. The van der Waals surface area contributed by atoms with Crippen molar-refractivity contribution in [1.82, 2.24) is 15.2 Å². The van der Waals surface area contributed by atoms with Gasteiger partial charge in [0.25, 0.3) is 0 Å². The maximum absolute atomic E-state index is 5.78. The molecule has 3 rings (SSSR count). The minimum absolute atomic E-state index is 0.0923. The summed E-state index contributed by atoms with van der Waals surface area (Å²) in [6.07, 6.45) is 3.50. The standard InChI is InChI=1S/C16H18N4O/c1-10-5-11(7-12(6-10)15(8-17)21-2)13-3-4-18-16-14(13)9-19-20-16/h3-7,9,15H,8,17H2,1-2H3,(H,18,19,20). The lowest BCUT2D eigenvalue weighted by Gasteiger charge is -2.16. The van der Waals surface area contributed by atoms with E-state index >= 15 is 0 Å². The van der Waals surface area contributed by atoms with Crippen LogP contribution in [0.15, 0.2) is 36.7 Å². The van der Waals surface area contributed by atoms with Gasteiger partial charge >= 0.3 is 0 Å². The number of methoxy groups -OCH3 is 1. The molecule has 108 valence electrons. The number of benzene rings is 1. The predicted octanol–water partition coefficient (Wildman–Crippen LogP) is 2.58. The molecule has 21 heavy (non-hydrogen) atoms. The van der Waals surface area contributed by atoms with Gasteiger partial charge in [0.1, 0.15) is 0 Å². The minimum atomic E-state index is -0.0923. The molecule has 0 aliphatic heterocycles. The van der Waals surface area contributed by atoms with E-state index in [0.717, 1.165) is 27.7 Å². The molecule has 0 radical (unpaired) electrons. The third kappa shape index (κ3) is 2.53. The van der Waals surface area contributed by atoms with Crippen LogP contribution in [0.25, 0.3) is 22.2 Å². The Bertz CT molecular complexity index is 762. The first-order valence-electron chi connectivity index (χ1n) is 6.86. The Labute approximate surface area is 123 Å². The minimum Gasteiger partial charge on any atom is -0.375 e. The second-order valence-electron chi connectivity index (χ2n) is 5.08. The van der Waals surface area contributed by atoms with E-state index in [1.165, 1.54) is 5.56 Å². The number of rotatable bonds is 4. The summed E-state index contributed by atoms with van der Waals surface area (Å²) in [6.45, 7) is 2.53. The molecule has 1 atom stereocenters. The highest BCUT2D eigenvalue weighted by Crippen LogP contribution is 2.30. The predicted molar refractivity (Wildman–Crippen MR) is 82.9 cm³/mol. The fourth-order valence-electron chi connectivity index (χ4n) is 2.63. The van der Waals surface area contributed by atoms with E-state index in [0.29, 0.717) is 6.54 Å². The molecule has 5 heteroatoms. The van der Waals surface area contributed by atoms with E-state index in [2.05, 4.69) is 40.3 Å². The number of nitrogens with one attached hydrogen (secondary N) is 1. The first-order valence-corrected chi connectivity index (χ1v) is 6.86. The van der Waals surface area contributed by atoms with Gasteiger partial charge in [0.2, 0.25) is 0 Å². The molecular formula is C16H18N4O. The first-order chi connectivity index (χ1) is 10.2. The van der Waals surface area contributed by atoms with Crippen molar-refractivity contribution >= 4 is 11.0 Å². The first kappa shape index (κ1) is 13.7. The molecule has 5 nitrogen and oxygen atoms in total. The van der Waals surface area contributed by atoms with Crippen molar-refractivity contribution in [3.63, 3.8) is 0 Å². The number of aromatic amines is 1. The van der Waals surface area contributed by atoms with Crippen LogP contribution in [0.3, 0.4) is 0 Å². The van der Waals surface area contributed by atoms with Crippen molar-refractivity contribution in [1.29, 1.82) is 0 Å². The zero-order valence-electron chi connectivity index (χ0n) is 12.1. The van der Waals surface area contributed by atoms with E-state index in [1.807, 2.05) is 6.07 Å². The third-order valence-corrected chi connectivity index (χ3v) is 3.64. The van der Waals surface area contributed by atoms with Gasteiger partial charge in [-0.2, -0.15) is 5.10 Å². The van der Waals surface area contributed by atoms with Crippen molar-refractivity contribution in [2.45, 2.75) is 13.0 Å². The lowest BCUT2D eigenvalue weighted by molar-refractivity contribution is 0.110. The topological polar surface area (TPSA) is 76.8 Å². The molecule has 0 saturated carbocycles. The van der Waals surface area contributed by atoms with Crippen LogP contribution in [0.1, 0.15) is 17.2 Å². The summed E-state index contributed by atoms with van der Waals surface area (Å²) in [7, 11) is 1.68. The van der Waals surface area contributed by atoms with Crippen molar-refractivity contribution < 1.29 is 4.74 Å². The van der Waals surface area contributed by atoms with Crippen LogP contribution in [-0.2, 0) is 4.74 Å². The maximum atomic E-state index is 5.78. The number of ether oxygens (including phenoxy) is 1. The highest BCUT2D eigenvalue weighted by atomic mass is 16.5. The van der Waals surface area contributed by atoms with Crippen LogP contribution in [0.2, 0.25) is 0 Å². The molecule has 1 unspecified atom stereocenters. The van der Waals surface area contributed by atoms with Crippen LogP contribution < -0.4 is 5.73 Å². The lowest BCUT2D eigenvalue weighted by atomic mass is 9.97. The van der Waals surface area contributed by atoms with Crippen LogP contribution in [0.4, 0.5) is 0 Å². The Morgan fingerprint density at radius 3 is 2.95 bits per heavy atom. The zero-order chi connectivity index (χ0) is 14.8. The highest BCUT2D eigenvalue weighted by Gasteiger charge is 2.12. The maximum Gasteiger partial charge on any atom is 0.155 e. The van der Waals surface area contributed by atoms with Gasteiger partial charge in [0, 0.05) is 25.2 Å². The van der Waals surface area contributed by atoms with E-state index < -0.39 is 0 Å².